The van der Waals surface area contributed by atoms with E-state index in [4.69, 9.17) is 4.74 Å². The molecule has 2 aromatic carbocycles. The molecule has 3 rings (SSSR count). The molecule has 1 N–H and O–H groups in total. The van der Waals surface area contributed by atoms with Crippen LogP contribution in [0.2, 0.25) is 0 Å². The predicted octanol–water partition coefficient (Wildman–Crippen LogP) is 4.25. The van der Waals surface area contributed by atoms with E-state index in [0.29, 0.717) is 0 Å². The molecule has 1 atom stereocenters. The smallest absolute Gasteiger partial charge is 0.127 e. The predicted molar refractivity (Wildman–Crippen MR) is 86.1 cm³/mol. The van der Waals surface area contributed by atoms with Crippen LogP contribution in [0.15, 0.2) is 53.0 Å². The summed E-state index contributed by atoms with van der Waals surface area (Å²) in [6, 6.07) is 16.6. The number of ether oxygens (including phenoxy) is 1. The highest BCUT2D eigenvalue weighted by molar-refractivity contribution is 9.10. The van der Waals surface area contributed by atoms with Crippen molar-refractivity contribution in [3.8, 4) is 16.9 Å². The number of nitrogens with one attached hydrogen (secondary N) is 1. The summed E-state index contributed by atoms with van der Waals surface area (Å²) in [5, 5.41) is 3.39. The summed E-state index contributed by atoms with van der Waals surface area (Å²) < 4.78 is 7.29. The molecule has 1 aliphatic rings. The summed E-state index contributed by atoms with van der Waals surface area (Å²) in [7, 11) is 0. The van der Waals surface area contributed by atoms with Crippen LogP contribution in [-0.2, 0) is 0 Å². The maximum atomic E-state index is 6.21. The molecule has 1 heterocycles. The van der Waals surface area contributed by atoms with Crippen molar-refractivity contribution in [2.75, 3.05) is 13.1 Å². The summed E-state index contributed by atoms with van der Waals surface area (Å²) in [5.41, 5.74) is 2.33. The minimum atomic E-state index is 0.271. The normalized spacial score (nSPS) is 18.8. The van der Waals surface area contributed by atoms with Gasteiger partial charge in [0.15, 0.2) is 0 Å². The van der Waals surface area contributed by atoms with E-state index in [9.17, 15) is 0 Å². The first-order valence-corrected chi connectivity index (χ1v) is 7.84. The van der Waals surface area contributed by atoms with Gasteiger partial charge in [0.1, 0.15) is 11.9 Å². The average Bonchev–Trinajstić information content (AvgIpc) is 2.51. The molecular formula is C17H18BrNO. The van der Waals surface area contributed by atoms with Crippen LogP contribution in [0.3, 0.4) is 0 Å². The minimum Gasteiger partial charge on any atom is -0.488 e. The van der Waals surface area contributed by atoms with Crippen LogP contribution in [0.25, 0.3) is 11.1 Å². The molecule has 1 saturated heterocycles. The van der Waals surface area contributed by atoms with E-state index in [-0.39, 0.29) is 6.10 Å². The molecule has 0 spiro atoms. The van der Waals surface area contributed by atoms with Crippen molar-refractivity contribution in [3.63, 3.8) is 0 Å². The van der Waals surface area contributed by atoms with Crippen LogP contribution in [0.1, 0.15) is 12.8 Å². The SMILES string of the molecule is Brc1ccc(O[C@@H]2CCCNC2)c(-c2ccccc2)c1. The van der Waals surface area contributed by atoms with Crippen molar-refractivity contribution in [2.45, 2.75) is 18.9 Å². The van der Waals surface area contributed by atoms with Gasteiger partial charge in [0.2, 0.25) is 0 Å². The van der Waals surface area contributed by atoms with Gasteiger partial charge in [-0.3, -0.25) is 0 Å². The Morgan fingerprint density at radius 3 is 2.70 bits per heavy atom. The van der Waals surface area contributed by atoms with E-state index in [2.05, 4.69) is 57.6 Å². The van der Waals surface area contributed by atoms with Gasteiger partial charge in [0.25, 0.3) is 0 Å². The zero-order valence-corrected chi connectivity index (χ0v) is 12.9. The summed E-state index contributed by atoms with van der Waals surface area (Å²) in [6.45, 7) is 2.04. The molecule has 0 amide bonds. The summed E-state index contributed by atoms with van der Waals surface area (Å²) in [6.07, 6.45) is 2.58. The third-order valence-electron chi connectivity index (χ3n) is 3.57. The van der Waals surface area contributed by atoms with Crippen LogP contribution in [0, 0.1) is 0 Å². The van der Waals surface area contributed by atoms with E-state index in [1.165, 1.54) is 12.0 Å². The molecular weight excluding hydrogens is 314 g/mol. The summed E-state index contributed by atoms with van der Waals surface area (Å²) in [4.78, 5) is 0. The van der Waals surface area contributed by atoms with Gasteiger partial charge >= 0.3 is 0 Å². The van der Waals surface area contributed by atoms with Gasteiger partial charge in [-0.2, -0.15) is 0 Å². The minimum absolute atomic E-state index is 0.271. The van der Waals surface area contributed by atoms with E-state index in [1.807, 2.05) is 12.1 Å². The summed E-state index contributed by atoms with van der Waals surface area (Å²) >= 11 is 3.55. The molecule has 0 radical (unpaired) electrons. The zero-order valence-electron chi connectivity index (χ0n) is 11.3. The van der Waals surface area contributed by atoms with E-state index >= 15 is 0 Å². The van der Waals surface area contributed by atoms with Crippen molar-refractivity contribution >= 4 is 15.9 Å². The molecule has 0 aliphatic carbocycles. The molecule has 3 heteroatoms. The Hall–Kier alpha value is -1.32. The standard InChI is InChI=1S/C17H18BrNO/c18-14-8-9-17(20-15-7-4-10-19-12-15)16(11-14)13-5-2-1-3-6-13/h1-3,5-6,8-9,11,15,19H,4,7,10,12H2/t15-/m1/s1. The van der Waals surface area contributed by atoms with Crippen LogP contribution in [-0.4, -0.2) is 19.2 Å². The van der Waals surface area contributed by atoms with Crippen LogP contribution < -0.4 is 10.1 Å². The first kappa shape index (κ1) is 13.7. The monoisotopic (exact) mass is 331 g/mol. The second-order valence-electron chi connectivity index (χ2n) is 5.09. The van der Waals surface area contributed by atoms with Gasteiger partial charge in [-0.15, -0.1) is 0 Å². The van der Waals surface area contributed by atoms with Crippen molar-refractivity contribution < 1.29 is 4.74 Å². The van der Waals surface area contributed by atoms with Gasteiger partial charge in [-0.05, 0) is 43.1 Å². The van der Waals surface area contributed by atoms with E-state index < -0.39 is 0 Å². The number of hydrogen-bond donors (Lipinski definition) is 1. The van der Waals surface area contributed by atoms with Crippen molar-refractivity contribution in [1.29, 1.82) is 0 Å². The fourth-order valence-electron chi connectivity index (χ4n) is 2.55. The molecule has 20 heavy (non-hydrogen) atoms. The largest absolute Gasteiger partial charge is 0.488 e. The van der Waals surface area contributed by atoms with Crippen LogP contribution in [0.5, 0.6) is 5.75 Å². The molecule has 1 aliphatic heterocycles. The Balaban J connectivity index is 1.90. The molecule has 2 aromatic rings. The molecule has 1 fully saturated rings. The number of halogens is 1. The molecule has 2 nitrogen and oxygen atoms in total. The second kappa shape index (κ2) is 6.42. The lowest BCUT2D eigenvalue weighted by atomic mass is 10.0. The highest BCUT2D eigenvalue weighted by atomic mass is 79.9. The second-order valence-corrected chi connectivity index (χ2v) is 6.01. The molecule has 0 bridgehead atoms. The zero-order chi connectivity index (χ0) is 13.8. The Kier molecular flexibility index (Phi) is 4.38. The fourth-order valence-corrected chi connectivity index (χ4v) is 2.91. The van der Waals surface area contributed by atoms with Crippen LogP contribution >= 0.6 is 15.9 Å². The van der Waals surface area contributed by atoms with Gasteiger partial charge < -0.3 is 10.1 Å². The van der Waals surface area contributed by atoms with Crippen molar-refractivity contribution in [3.05, 3.63) is 53.0 Å². The lowest BCUT2D eigenvalue weighted by Crippen LogP contribution is -2.37. The van der Waals surface area contributed by atoms with Crippen molar-refractivity contribution in [2.24, 2.45) is 0 Å². The lowest BCUT2D eigenvalue weighted by molar-refractivity contribution is 0.168. The molecule has 0 aromatic heterocycles. The Labute approximate surface area is 128 Å². The number of piperidine rings is 1. The van der Waals surface area contributed by atoms with Gasteiger partial charge in [-0.1, -0.05) is 46.3 Å². The third-order valence-corrected chi connectivity index (χ3v) is 4.06. The van der Waals surface area contributed by atoms with Crippen LogP contribution in [0.4, 0.5) is 0 Å². The lowest BCUT2D eigenvalue weighted by Gasteiger charge is -2.25. The van der Waals surface area contributed by atoms with E-state index in [0.717, 1.165) is 35.3 Å². The number of rotatable bonds is 3. The molecule has 104 valence electrons. The van der Waals surface area contributed by atoms with E-state index in [1.54, 1.807) is 0 Å². The highest BCUT2D eigenvalue weighted by Crippen LogP contribution is 2.33. The fraction of sp³-hybridized carbons (Fsp3) is 0.294. The maximum Gasteiger partial charge on any atom is 0.127 e. The first-order chi connectivity index (χ1) is 9.83. The van der Waals surface area contributed by atoms with Crippen molar-refractivity contribution in [1.82, 2.24) is 5.32 Å². The topological polar surface area (TPSA) is 21.3 Å². The molecule has 0 unspecified atom stereocenters. The Morgan fingerprint density at radius 1 is 1.10 bits per heavy atom. The quantitative estimate of drug-likeness (QED) is 0.907. The van der Waals surface area contributed by atoms with Gasteiger partial charge in [0.05, 0.1) is 0 Å². The molecule has 0 saturated carbocycles. The number of hydrogen-bond acceptors (Lipinski definition) is 2. The Bertz CT molecular complexity index is 564. The summed E-state index contributed by atoms with van der Waals surface area (Å²) in [5.74, 6) is 0.966. The average molecular weight is 332 g/mol. The number of benzene rings is 2. The van der Waals surface area contributed by atoms with Gasteiger partial charge in [0, 0.05) is 16.6 Å². The highest BCUT2D eigenvalue weighted by Gasteiger charge is 2.16. The Morgan fingerprint density at radius 2 is 1.95 bits per heavy atom. The first-order valence-electron chi connectivity index (χ1n) is 7.05. The maximum absolute atomic E-state index is 6.21. The van der Waals surface area contributed by atoms with Gasteiger partial charge in [-0.25, -0.2) is 0 Å². The third kappa shape index (κ3) is 3.22.